The van der Waals surface area contributed by atoms with Crippen molar-refractivity contribution in [1.82, 2.24) is 14.7 Å². The number of anilines is 1. The third-order valence-corrected chi connectivity index (χ3v) is 4.47. The second kappa shape index (κ2) is 6.96. The number of hydrogen-bond donors (Lipinski definition) is 2. The maximum Gasteiger partial charge on any atom is 0.243 e. The number of sulfonamides is 1. The maximum absolute atomic E-state index is 12.1. The fourth-order valence-corrected chi connectivity index (χ4v) is 2.99. The number of aromatic nitrogens is 2. The van der Waals surface area contributed by atoms with Gasteiger partial charge in [-0.1, -0.05) is 0 Å². The van der Waals surface area contributed by atoms with Crippen molar-refractivity contribution in [3.8, 4) is 0 Å². The van der Waals surface area contributed by atoms with E-state index >= 15 is 0 Å². The molecule has 0 saturated carbocycles. The minimum atomic E-state index is -3.55. The molecule has 0 bridgehead atoms. The van der Waals surface area contributed by atoms with E-state index in [-0.39, 0.29) is 10.8 Å². The number of ether oxygens (including phenoxy) is 1. The Balaban J connectivity index is 1.94. The molecular weight excluding hydrogens is 280 g/mol. The lowest BCUT2D eigenvalue weighted by Crippen LogP contribution is -2.33. The fourth-order valence-electron chi connectivity index (χ4n) is 1.98. The first-order chi connectivity index (χ1) is 9.62. The Labute approximate surface area is 119 Å². The molecular formula is C12H20N4O3S. The summed E-state index contributed by atoms with van der Waals surface area (Å²) < 4.78 is 32.1. The molecule has 1 aromatic rings. The lowest BCUT2D eigenvalue weighted by atomic mass is 10.0. The van der Waals surface area contributed by atoms with Gasteiger partial charge in [0, 0.05) is 19.7 Å². The van der Waals surface area contributed by atoms with Gasteiger partial charge in [-0.25, -0.2) is 23.1 Å². The molecule has 1 aliphatic heterocycles. The Kier molecular flexibility index (Phi) is 5.27. The van der Waals surface area contributed by atoms with Crippen LogP contribution in [0.5, 0.6) is 0 Å². The summed E-state index contributed by atoms with van der Waals surface area (Å²) in [5.74, 6) is 0.660. The Morgan fingerprint density at radius 3 is 2.75 bits per heavy atom. The monoisotopic (exact) mass is 300 g/mol. The highest BCUT2D eigenvalue weighted by Crippen LogP contribution is 2.14. The summed E-state index contributed by atoms with van der Waals surface area (Å²) in [6.45, 7) is 4.37. The van der Waals surface area contributed by atoms with Gasteiger partial charge in [0.25, 0.3) is 0 Å². The van der Waals surface area contributed by atoms with Gasteiger partial charge in [-0.05, 0) is 25.7 Å². The van der Waals surface area contributed by atoms with Gasteiger partial charge in [-0.2, -0.15) is 0 Å². The van der Waals surface area contributed by atoms with Gasteiger partial charge >= 0.3 is 0 Å². The third-order valence-electron chi connectivity index (χ3n) is 3.09. The van der Waals surface area contributed by atoms with E-state index in [4.69, 9.17) is 4.74 Å². The summed E-state index contributed by atoms with van der Waals surface area (Å²) in [6.07, 6.45) is 4.58. The van der Waals surface area contributed by atoms with Crippen molar-refractivity contribution in [1.29, 1.82) is 0 Å². The van der Waals surface area contributed by atoms with Crippen molar-refractivity contribution in [2.24, 2.45) is 5.92 Å². The Morgan fingerprint density at radius 2 is 2.15 bits per heavy atom. The third kappa shape index (κ3) is 4.12. The molecule has 8 heteroatoms. The van der Waals surface area contributed by atoms with Crippen LogP contribution >= 0.6 is 0 Å². The maximum atomic E-state index is 12.1. The summed E-state index contributed by atoms with van der Waals surface area (Å²) in [5, 5.41) is 2.92. The molecule has 0 aromatic carbocycles. The molecule has 1 fully saturated rings. The average Bonchev–Trinajstić information content (AvgIpc) is 2.47. The van der Waals surface area contributed by atoms with Crippen molar-refractivity contribution in [3.05, 3.63) is 12.4 Å². The van der Waals surface area contributed by atoms with E-state index in [9.17, 15) is 8.42 Å². The van der Waals surface area contributed by atoms with Crippen LogP contribution in [0.1, 0.15) is 19.8 Å². The minimum Gasteiger partial charge on any atom is -0.381 e. The molecule has 1 saturated heterocycles. The van der Waals surface area contributed by atoms with Crippen LogP contribution in [0.3, 0.4) is 0 Å². The van der Waals surface area contributed by atoms with E-state index < -0.39 is 10.0 Å². The number of hydrogen-bond acceptors (Lipinski definition) is 6. The summed E-state index contributed by atoms with van der Waals surface area (Å²) in [5.41, 5.74) is 0. The topological polar surface area (TPSA) is 93.2 Å². The quantitative estimate of drug-likeness (QED) is 0.799. The van der Waals surface area contributed by atoms with Crippen molar-refractivity contribution in [2.45, 2.75) is 24.7 Å². The first-order valence-corrected chi connectivity index (χ1v) is 8.23. The molecule has 0 radical (unpaired) electrons. The Morgan fingerprint density at radius 1 is 1.40 bits per heavy atom. The molecule has 2 N–H and O–H groups in total. The number of nitrogens with zero attached hydrogens (tertiary/aromatic N) is 2. The minimum absolute atomic E-state index is 0.0795. The fraction of sp³-hybridized carbons (Fsp3) is 0.667. The van der Waals surface area contributed by atoms with E-state index in [1.807, 2.05) is 6.92 Å². The van der Waals surface area contributed by atoms with E-state index in [0.717, 1.165) is 19.4 Å². The molecule has 1 aliphatic rings. The number of nitrogens with one attached hydrogen (secondary N) is 2. The van der Waals surface area contributed by atoms with Crippen molar-refractivity contribution >= 4 is 16.0 Å². The van der Waals surface area contributed by atoms with Gasteiger partial charge < -0.3 is 10.1 Å². The molecule has 0 spiro atoms. The summed E-state index contributed by atoms with van der Waals surface area (Å²) >= 11 is 0. The molecule has 112 valence electrons. The lowest BCUT2D eigenvalue weighted by molar-refractivity contribution is 0.0568. The van der Waals surface area contributed by atoms with Crippen LogP contribution in [-0.4, -0.2) is 44.7 Å². The molecule has 1 unspecified atom stereocenters. The lowest BCUT2D eigenvalue weighted by Gasteiger charge is -2.22. The van der Waals surface area contributed by atoms with Crippen LogP contribution in [0.25, 0.3) is 0 Å². The predicted molar refractivity (Wildman–Crippen MR) is 74.9 cm³/mol. The Hall–Kier alpha value is -1.25. The van der Waals surface area contributed by atoms with Crippen molar-refractivity contribution in [3.63, 3.8) is 0 Å². The highest BCUT2D eigenvalue weighted by Gasteiger charge is 2.19. The average molecular weight is 300 g/mol. The van der Waals surface area contributed by atoms with Gasteiger partial charge in [0.1, 0.15) is 4.90 Å². The zero-order chi connectivity index (χ0) is 14.4. The van der Waals surface area contributed by atoms with Crippen LogP contribution in [0.2, 0.25) is 0 Å². The van der Waals surface area contributed by atoms with Crippen LogP contribution < -0.4 is 10.0 Å². The predicted octanol–water partition coefficient (Wildman–Crippen LogP) is 0.613. The van der Waals surface area contributed by atoms with E-state index in [1.54, 1.807) is 0 Å². The highest BCUT2D eigenvalue weighted by atomic mass is 32.2. The first-order valence-electron chi connectivity index (χ1n) is 6.75. The molecule has 7 nitrogen and oxygen atoms in total. The first kappa shape index (κ1) is 15.1. The molecule has 1 aromatic heterocycles. The SMILES string of the molecule is CCNc1ncc(S(=O)(=O)NCC2CCCOC2)cn1. The van der Waals surface area contributed by atoms with Crippen LogP contribution in [0, 0.1) is 5.92 Å². The number of rotatable bonds is 6. The van der Waals surface area contributed by atoms with Crippen LogP contribution in [0.15, 0.2) is 17.3 Å². The standard InChI is InChI=1S/C12H20N4O3S/c1-2-13-12-14-7-11(8-15-12)20(17,18)16-6-10-4-3-5-19-9-10/h7-8,10,16H,2-6,9H2,1H3,(H,13,14,15). The Bertz CT molecular complexity index is 512. The molecule has 2 rings (SSSR count). The van der Waals surface area contributed by atoms with E-state index in [0.29, 0.717) is 25.6 Å². The van der Waals surface area contributed by atoms with Gasteiger partial charge in [-0.3, -0.25) is 0 Å². The zero-order valence-corrected chi connectivity index (χ0v) is 12.3. The van der Waals surface area contributed by atoms with Crippen LogP contribution in [0.4, 0.5) is 5.95 Å². The molecule has 20 heavy (non-hydrogen) atoms. The van der Waals surface area contributed by atoms with E-state index in [1.165, 1.54) is 12.4 Å². The smallest absolute Gasteiger partial charge is 0.243 e. The van der Waals surface area contributed by atoms with Gasteiger partial charge in [0.2, 0.25) is 16.0 Å². The summed E-state index contributed by atoms with van der Waals surface area (Å²) in [6, 6.07) is 0. The molecule has 0 amide bonds. The molecule has 2 heterocycles. The van der Waals surface area contributed by atoms with E-state index in [2.05, 4.69) is 20.0 Å². The van der Waals surface area contributed by atoms with Gasteiger partial charge in [0.15, 0.2) is 0 Å². The van der Waals surface area contributed by atoms with Gasteiger partial charge in [0.05, 0.1) is 19.0 Å². The highest BCUT2D eigenvalue weighted by molar-refractivity contribution is 7.89. The molecule has 0 aliphatic carbocycles. The van der Waals surface area contributed by atoms with Crippen molar-refractivity contribution < 1.29 is 13.2 Å². The summed E-state index contributed by atoms with van der Waals surface area (Å²) in [7, 11) is -3.55. The zero-order valence-electron chi connectivity index (χ0n) is 11.5. The normalized spacial score (nSPS) is 19.8. The van der Waals surface area contributed by atoms with Crippen molar-refractivity contribution in [2.75, 3.05) is 31.6 Å². The van der Waals surface area contributed by atoms with Crippen LogP contribution in [-0.2, 0) is 14.8 Å². The summed E-state index contributed by atoms with van der Waals surface area (Å²) in [4.78, 5) is 8.01. The second-order valence-corrected chi connectivity index (χ2v) is 6.47. The molecule has 1 atom stereocenters. The van der Waals surface area contributed by atoms with Gasteiger partial charge in [-0.15, -0.1) is 0 Å². The largest absolute Gasteiger partial charge is 0.381 e. The second-order valence-electron chi connectivity index (χ2n) is 4.71.